The molecule has 0 saturated carbocycles. The SMILES string of the molecule is COc1cccc(OC)c1C(=O)NCCc1csc(N2CCCCC2)n1. The van der Waals surface area contributed by atoms with Gasteiger partial charge in [-0.2, -0.15) is 0 Å². The number of thiazole rings is 1. The first-order valence-electron chi connectivity index (χ1n) is 8.91. The van der Waals surface area contributed by atoms with Crippen molar-refractivity contribution in [2.24, 2.45) is 0 Å². The molecule has 1 N–H and O–H groups in total. The lowest BCUT2D eigenvalue weighted by atomic mass is 10.1. The first-order chi connectivity index (χ1) is 12.7. The Morgan fingerprint density at radius 1 is 1.19 bits per heavy atom. The molecule has 1 aliphatic heterocycles. The minimum Gasteiger partial charge on any atom is -0.496 e. The Morgan fingerprint density at radius 2 is 1.88 bits per heavy atom. The molecule has 140 valence electrons. The second-order valence-corrected chi connectivity index (χ2v) is 7.05. The molecule has 3 rings (SSSR count). The van der Waals surface area contributed by atoms with E-state index in [4.69, 9.17) is 14.5 Å². The normalized spacial score (nSPS) is 14.2. The summed E-state index contributed by atoms with van der Waals surface area (Å²) in [6.07, 6.45) is 4.50. The number of nitrogens with zero attached hydrogens (tertiary/aromatic N) is 2. The summed E-state index contributed by atoms with van der Waals surface area (Å²) in [7, 11) is 3.09. The molecule has 0 spiro atoms. The number of piperidine rings is 1. The fourth-order valence-electron chi connectivity index (χ4n) is 3.11. The first-order valence-corrected chi connectivity index (χ1v) is 9.79. The summed E-state index contributed by atoms with van der Waals surface area (Å²) >= 11 is 1.69. The summed E-state index contributed by atoms with van der Waals surface area (Å²) in [5.74, 6) is 0.802. The van der Waals surface area contributed by atoms with E-state index in [0.29, 0.717) is 30.0 Å². The molecule has 1 amide bonds. The van der Waals surface area contributed by atoms with Crippen molar-refractivity contribution in [1.29, 1.82) is 0 Å². The molecule has 1 saturated heterocycles. The van der Waals surface area contributed by atoms with Gasteiger partial charge in [-0.25, -0.2) is 4.98 Å². The zero-order valence-corrected chi connectivity index (χ0v) is 16.1. The van der Waals surface area contributed by atoms with Crippen LogP contribution in [-0.2, 0) is 6.42 Å². The molecular formula is C19H25N3O3S. The largest absolute Gasteiger partial charge is 0.496 e. The zero-order valence-electron chi connectivity index (χ0n) is 15.3. The monoisotopic (exact) mass is 375 g/mol. The molecule has 6 nitrogen and oxygen atoms in total. The van der Waals surface area contributed by atoms with E-state index in [1.807, 2.05) is 0 Å². The van der Waals surface area contributed by atoms with Crippen molar-refractivity contribution in [3.8, 4) is 11.5 Å². The highest BCUT2D eigenvalue weighted by Gasteiger charge is 2.18. The van der Waals surface area contributed by atoms with Crippen LogP contribution in [-0.4, -0.2) is 44.7 Å². The van der Waals surface area contributed by atoms with Crippen molar-refractivity contribution in [3.63, 3.8) is 0 Å². The van der Waals surface area contributed by atoms with Crippen LogP contribution in [0.25, 0.3) is 0 Å². The van der Waals surface area contributed by atoms with Gasteiger partial charge in [-0.05, 0) is 31.4 Å². The van der Waals surface area contributed by atoms with Crippen LogP contribution >= 0.6 is 11.3 Å². The summed E-state index contributed by atoms with van der Waals surface area (Å²) in [5, 5.41) is 6.12. The number of anilines is 1. The van der Waals surface area contributed by atoms with Crippen LogP contribution in [0.2, 0.25) is 0 Å². The second-order valence-electron chi connectivity index (χ2n) is 6.21. The van der Waals surface area contributed by atoms with Gasteiger partial charge in [0.05, 0.1) is 19.9 Å². The number of hydrogen-bond acceptors (Lipinski definition) is 6. The lowest BCUT2D eigenvalue weighted by molar-refractivity contribution is 0.0948. The molecule has 0 unspecified atom stereocenters. The van der Waals surface area contributed by atoms with Gasteiger partial charge in [-0.3, -0.25) is 4.79 Å². The Balaban J connectivity index is 1.57. The van der Waals surface area contributed by atoms with Crippen LogP contribution in [0.4, 0.5) is 5.13 Å². The maximum atomic E-state index is 12.5. The van der Waals surface area contributed by atoms with Gasteiger partial charge in [0, 0.05) is 31.4 Å². The lowest BCUT2D eigenvalue weighted by Crippen LogP contribution is -2.29. The standard InChI is InChI=1S/C19H25N3O3S/c1-24-15-7-6-8-16(25-2)17(15)18(23)20-10-9-14-13-26-19(21-14)22-11-4-3-5-12-22/h6-8,13H,3-5,9-12H2,1-2H3,(H,20,23). The Morgan fingerprint density at radius 3 is 2.54 bits per heavy atom. The van der Waals surface area contributed by atoms with E-state index in [2.05, 4.69) is 15.6 Å². The van der Waals surface area contributed by atoms with Crippen LogP contribution in [0.5, 0.6) is 11.5 Å². The topological polar surface area (TPSA) is 63.7 Å². The Labute approximate surface area is 158 Å². The molecule has 0 radical (unpaired) electrons. The third-order valence-electron chi connectivity index (χ3n) is 4.49. The van der Waals surface area contributed by atoms with E-state index in [9.17, 15) is 4.79 Å². The number of methoxy groups -OCH3 is 2. The number of amides is 1. The lowest BCUT2D eigenvalue weighted by Gasteiger charge is -2.25. The zero-order chi connectivity index (χ0) is 18.4. The molecule has 1 aromatic heterocycles. The molecule has 2 heterocycles. The third-order valence-corrected chi connectivity index (χ3v) is 5.44. The highest BCUT2D eigenvalue weighted by molar-refractivity contribution is 7.13. The van der Waals surface area contributed by atoms with E-state index in [0.717, 1.165) is 23.9 Å². The number of ether oxygens (including phenoxy) is 2. The van der Waals surface area contributed by atoms with E-state index in [1.165, 1.54) is 19.3 Å². The highest BCUT2D eigenvalue weighted by Crippen LogP contribution is 2.28. The minimum atomic E-state index is -0.203. The predicted molar refractivity (Wildman–Crippen MR) is 104 cm³/mol. The Kier molecular flexibility index (Phi) is 6.33. The van der Waals surface area contributed by atoms with Gasteiger partial charge >= 0.3 is 0 Å². The maximum Gasteiger partial charge on any atom is 0.258 e. The van der Waals surface area contributed by atoms with Gasteiger partial charge in [0.15, 0.2) is 5.13 Å². The van der Waals surface area contributed by atoms with Crippen molar-refractivity contribution in [2.45, 2.75) is 25.7 Å². The number of nitrogens with one attached hydrogen (secondary N) is 1. The summed E-state index contributed by atoms with van der Waals surface area (Å²) in [5.41, 5.74) is 1.44. The molecule has 1 fully saturated rings. The first kappa shape index (κ1) is 18.5. The van der Waals surface area contributed by atoms with E-state index >= 15 is 0 Å². The van der Waals surface area contributed by atoms with Crippen LogP contribution in [0.15, 0.2) is 23.6 Å². The molecule has 0 aliphatic carbocycles. The summed E-state index contributed by atoms with van der Waals surface area (Å²) in [6, 6.07) is 5.30. The predicted octanol–water partition coefficient (Wildman–Crippen LogP) is 3.12. The molecule has 0 bridgehead atoms. The van der Waals surface area contributed by atoms with Crippen molar-refractivity contribution in [2.75, 3.05) is 38.8 Å². The average molecular weight is 375 g/mol. The van der Waals surface area contributed by atoms with E-state index in [1.54, 1.807) is 43.8 Å². The number of carbonyl (C=O) groups is 1. The second kappa shape index (κ2) is 8.89. The van der Waals surface area contributed by atoms with Crippen molar-refractivity contribution >= 4 is 22.4 Å². The Bertz CT molecular complexity index is 719. The van der Waals surface area contributed by atoms with Crippen molar-refractivity contribution in [1.82, 2.24) is 10.3 Å². The average Bonchev–Trinajstić information content (AvgIpc) is 3.16. The van der Waals surface area contributed by atoms with Crippen molar-refractivity contribution in [3.05, 3.63) is 34.8 Å². The van der Waals surface area contributed by atoms with E-state index < -0.39 is 0 Å². The number of carbonyl (C=O) groups excluding carboxylic acids is 1. The molecule has 1 aromatic carbocycles. The molecule has 2 aromatic rings. The number of hydrogen-bond donors (Lipinski definition) is 1. The molecule has 1 aliphatic rings. The number of rotatable bonds is 7. The maximum absolute atomic E-state index is 12.5. The smallest absolute Gasteiger partial charge is 0.258 e. The molecule has 7 heteroatoms. The van der Waals surface area contributed by atoms with Gasteiger partial charge in [0.25, 0.3) is 5.91 Å². The summed E-state index contributed by atoms with van der Waals surface area (Å²) in [6.45, 7) is 2.71. The summed E-state index contributed by atoms with van der Waals surface area (Å²) in [4.78, 5) is 19.6. The minimum absolute atomic E-state index is 0.203. The van der Waals surface area contributed by atoms with Crippen molar-refractivity contribution < 1.29 is 14.3 Å². The van der Waals surface area contributed by atoms with Gasteiger partial charge < -0.3 is 19.7 Å². The summed E-state index contributed by atoms with van der Waals surface area (Å²) < 4.78 is 10.6. The number of aromatic nitrogens is 1. The third kappa shape index (κ3) is 4.27. The van der Waals surface area contributed by atoms with E-state index in [-0.39, 0.29) is 5.91 Å². The quantitative estimate of drug-likeness (QED) is 0.806. The van der Waals surface area contributed by atoms with Crippen LogP contribution in [0, 0.1) is 0 Å². The van der Waals surface area contributed by atoms with Gasteiger partial charge in [0.2, 0.25) is 0 Å². The van der Waals surface area contributed by atoms with Crippen LogP contribution in [0.1, 0.15) is 35.3 Å². The van der Waals surface area contributed by atoms with Gasteiger partial charge in [-0.1, -0.05) is 6.07 Å². The number of benzene rings is 1. The molecular weight excluding hydrogens is 350 g/mol. The molecule has 26 heavy (non-hydrogen) atoms. The fraction of sp³-hybridized carbons (Fsp3) is 0.474. The highest BCUT2D eigenvalue weighted by atomic mass is 32.1. The Hall–Kier alpha value is -2.28. The van der Waals surface area contributed by atoms with Gasteiger partial charge in [0.1, 0.15) is 17.1 Å². The van der Waals surface area contributed by atoms with Crippen LogP contribution in [0.3, 0.4) is 0 Å². The molecule has 0 atom stereocenters. The van der Waals surface area contributed by atoms with Gasteiger partial charge in [-0.15, -0.1) is 11.3 Å². The van der Waals surface area contributed by atoms with Crippen LogP contribution < -0.4 is 19.7 Å². The fourth-order valence-corrected chi connectivity index (χ4v) is 4.02.